The van der Waals surface area contributed by atoms with Crippen LogP contribution in [0.15, 0.2) is 0 Å². The lowest BCUT2D eigenvalue weighted by Gasteiger charge is -2.49. The van der Waals surface area contributed by atoms with Crippen molar-refractivity contribution in [1.82, 2.24) is 15.5 Å². The molecule has 126 valence electrons. The molecule has 0 bridgehead atoms. The van der Waals surface area contributed by atoms with Gasteiger partial charge in [0.25, 0.3) is 0 Å². The van der Waals surface area contributed by atoms with E-state index >= 15 is 0 Å². The zero-order valence-electron chi connectivity index (χ0n) is 14.0. The quantitative estimate of drug-likeness (QED) is 0.524. The van der Waals surface area contributed by atoms with Gasteiger partial charge in [-0.3, -0.25) is 15.5 Å². The summed E-state index contributed by atoms with van der Waals surface area (Å²) in [4.78, 5) is 2.51. The first-order valence-corrected chi connectivity index (χ1v) is 7.96. The van der Waals surface area contributed by atoms with Gasteiger partial charge in [0.15, 0.2) is 0 Å². The molecule has 0 aromatic carbocycles. The first-order chi connectivity index (χ1) is 10.3. The van der Waals surface area contributed by atoms with Crippen molar-refractivity contribution in [2.45, 2.75) is 37.8 Å². The van der Waals surface area contributed by atoms with E-state index < -0.39 is 0 Å². The molecule has 1 heterocycles. The van der Waals surface area contributed by atoms with Crippen LogP contribution in [-0.2, 0) is 14.2 Å². The maximum absolute atomic E-state index is 5.23. The highest BCUT2D eigenvalue weighted by atomic mass is 16.5. The van der Waals surface area contributed by atoms with Gasteiger partial charge < -0.3 is 14.2 Å². The maximum atomic E-state index is 5.23. The molecule has 1 fully saturated rings. The molecular formula is C15H33N3O3. The molecule has 1 rings (SSSR count). The van der Waals surface area contributed by atoms with Gasteiger partial charge in [-0.25, -0.2) is 0 Å². The van der Waals surface area contributed by atoms with Gasteiger partial charge in [0.1, 0.15) is 0 Å². The van der Waals surface area contributed by atoms with Crippen LogP contribution in [0.2, 0.25) is 0 Å². The number of ether oxygens (including phenoxy) is 3. The Kier molecular flexibility index (Phi) is 10.2. The van der Waals surface area contributed by atoms with E-state index in [-0.39, 0.29) is 5.66 Å². The van der Waals surface area contributed by atoms with Crippen molar-refractivity contribution in [1.29, 1.82) is 0 Å². The van der Waals surface area contributed by atoms with Crippen molar-refractivity contribution in [2.24, 2.45) is 0 Å². The molecule has 0 radical (unpaired) electrons. The smallest absolute Gasteiger partial charge is 0.0734 e. The van der Waals surface area contributed by atoms with Crippen molar-refractivity contribution in [3.05, 3.63) is 0 Å². The van der Waals surface area contributed by atoms with Crippen LogP contribution in [0.4, 0.5) is 0 Å². The van der Waals surface area contributed by atoms with Gasteiger partial charge in [0.2, 0.25) is 0 Å². The highest BCUT2D eigenvalue weighted by molar-refractivity contribution is 4.90. The Balaban J connectivity index is 2.61. The Morgan fingerprint density at radius 2 is 1.48 bits per heavy atom. The van der Waals surface area contributed by atoms with Crippen molar-refractivity contribution >= 4 is 0 Å². The molecule has 0 aromatic rings. The lowest BCUT2D eigenvalue weighted by atomic mass is 9.94. The summed E-state index contributed by atoms with van der Waals surface area (Å²) in [6.07, 6.45) is 5.38. The molecule has 0 amide bonds. The zero-order chi connectivity index (χ0) is 15.4. The van der Waals surface area contributed by atoms with Gasteiger partial charge in [-0.1, -0.05) is 0 Å². The van der Waals surface area contributed by atoms with Crippen LogP contribution < -0.4 is 10.6 Å². The fourth-order valence-electron chi connectivity index (χ4n) is 3.01. The first kappa shape index (κ1) is 18.8. The van der Waals surface area contributed by atoms with Crippen molar-refractivity contribution in [3.8, 4) is 0 Å². The molecule has 6 heteroatoms. The highest BCUT2D eigenvalue weighted by Gasteiger charge is 2.37. The van der Waals surface area contributed by atoms with Crippen LogP contribution in [0.25, 0.3) is 0 Å². The normalized spacial score (nSPS) is 19.0. The standard InChI is InChI=1S/C15H33N3O3/c1-19-10-4-7-15(8-5-11-20-2)17-13-16-14-18(15)9-6-12-21-3/h16-17H,4-14H2,1-3H3. The number of methoxy groups -OCH3 is 3. The lowest BCUT2D eigenvalue weighted by Crippen LogP contribution is -2.67. The molecule has 0 saturated carbocycles. The van der Waals surface area contributed by atoms with E-state index in [0.29, 0.717) is 0 Å². The molecule has 0 unspecified atom stereocenters. The number of hydrogen-bond acceptors (Lipinski definition) is 6. The minimum Gasteiger partial charge on any atom is -0.385 e. The van der Waals surface area contributed by atoms with E-state index in [0.717, 1.165) is 71.8 Å². The second kappa shape index (κ2) is 11.3. The van der Waals surface area contributed by atoms with E-state index in [1.807, 2.05) is 0 Å². The summed E-state index contributed by atoms with van der Waals surface area (Å²) in [7, 11) is 5.30. The van der Waals surface area contributed by atoms with Gasteiger partial charge in [0.05, 0.1) is 12.3 Å². The molecule has 2 N–H and O–H groups in total. The summed E-state index contributed by atoms with van der Waals surface area (Å²) in [5.74, 6) is 0. The largest absolute Gasteiger partial charge is 0.385 e. The van der Waals surface area contributed by atoms with Crippen LogP contribution >= 0.6 is 0 Å². The zero-order valence-corrected chi connectivity index (χ0v) is 14.0. The van der Waals surface area contributed by atoms with E-state index in [4.69, 9.17) is 14.2 Å². The van der Waals surface area contributed by atoms with Crippen LogP contribution in [0.1, 0.15) is 32.1 Å². The van der Waals surface area contributed by atoms with Gasteiger partial charge >= 0.3 is 0 Å². The maximum Gasteiger partial charge on any atom is 0.0734 e. The average molecular weight is 303 g/mol. The number of nitrogens with one attached hydrogen (secondary N) is 2. The molecule has 1 aliphatic rings. The van der Waals surface area contributed by atoms with Gasteiger partial charge in [-0.2, -0.15) is 0 Å². The summed E-state index contributed by atoms with van der Waals surface area (Å²) in [5, 5.41) is 7.10. The Morgan fingerprint density at radius 3 is 2.05 bits per heavy atom. The summed E-state index contributed by atoms with van der Waals surface area (Å²) in [5.41, 5.74) is 0.0516. The molecule has 0 spiro atoms. The van der Waals surface area contributed by atoms with Crippen LogP contribution in [-0.4, -0.2) is 71.6 Å². The predicted octanol–water partition coefficient (Wildman–Crippen LogP) is 0.982. The third-order valence-corrected chi connectivity index (χ3v) is 4.10. The summed E-state index contributed by atoms with van der Waals surface area (Å²) >= 11 is 0. The Labute approximate surface area is 129 Å². The highest BCUT2D eigenvalue weighted by Crippen LogP contribution is 2.26. The fraction of sp³-hybridized carbons (Fsp3) is 1.00. The van der Waals surface area contributed by atoms with E-state index in [9.17, 15) is 0 Å². The fourth-order valence-corrected chi connectivity index (χ4v) is 3.01. The third-order valence-electron chi connectivity index (χ3n) is 4.10. The number of rotatable bonds is 12. The Bertz CT molecular complexity index is 244. The van der Waals surface area contributed by atoms with Gasteiger partial charge in [-0.05, 0) is 32.1 Å². The number of hydrogen-bond donors (Lipinski definition) is 2. The molecule has 0 aromatic heterocycles. The van der Waals surface area contributed by atoms with Crippen molar-refractivity contribution in [2.75, 3.05) is 61.0 Å². The van der Waals surface area contributed by atoms with Gasteiger partial charge in [0, 0.05) is 54.4 Å². The monoisotopic (exact) mass is 303 g/mol. The molecular weight excluding hydrogens is 270 g/mol. The predicted molar refractivity (Wildman–Crippen MR) is 84.2 cm³/mol. The summed E-state index contributed by atoms with van der Waals surface area (Å²) in [6, 6.07) is 0. The van der Waals surface area contributed by atoms with Crippen LogP contribution in [0, 0.1) is 0 Å². The molecule has 21 heavy (non-hydrogen) atoms. The minimum atomic E-state index is 0.0516. The second-order valence-electron chi connectivity index (χ2n) is 5.60. The second-order valence-corrected chi connectivity index (χ2v) is 5.60. The van der Waals surface area contributed by atoms with Crippen molar-refractivity contribution in [3.63, 3.8) is 0 Å². The first-order valence-electron chi connectivity index (χ1n) is 7.96. The number of nitrogens with zero attached hydrogens (tertiary/aromatic N) is 1. The summed E-state index contributed by atoms with van der Waals surface area (Å²) < 4.78 is 15.7. The SMILES string of the molecule is COCCCN1CNCNC1(CCCOC)CCCOC. The van der Waals surface area contributed by atoms with E-state index in [2.05, 4.69) is 15.5 Å². The average Bonchev–Trinajstić information content (AvgIpc) is 2.50. The van der Waals surface area contributed by atoms with Crippen LogP contribution in [0.3, 0.4) is 0 Å². The minimum absolute atomic E-state index is 0.0516. The molecule has 0 aliphatic carbocycles. The molecule has 1 saturated heterocycles. The van der Waals surface area contributed by atoms with Crippen LogP contribution in [0.5, 0.6) is 0 Å². The third kappa shape index (κ3) is 6.59. The lowest BCUT2D eigenvalue weighted by molar-refractivity contribution is -0.0164. The molecule has 0 atom stereocenters. The topological polar surface area (TPSA) is 55.0 Å². The summed E-state index contributed by atoms with van der Waals surface area (Å²) in [6.45, 7) is 5.26. The van der Waals surface area contributed by atoms with E-state index in [1.54, 1.807) is 21.3 Å². The Hall–Kier alpha value is -0.240. The molecule has 1 aliphatic heterocycles. The Morgan fingerprint density at radius 1 is 0.905 bits per heavy atom. The van der Waals surface area contributed by atoms with E-state index in [1.165, 1.54) is 0 Å². The molecule has 6 nitrogen and oxygen atoms in total. The van der Waals surface area contributed by atoms with Crippen molar-refractivity contribution < 1.29 is 14.2 Å². The van der Waals surface area contributed by atoms with Gasteiger partial charge in [-0.15, -0.1) is 0 Å².